The molecule has 3 aromatic heterocycles. The van der Waals surface area contributed by atoms with E-state index in [1.807, 2.05) is 78.9 Å². The normalized spacial score (nSPS) is 14.0. The van der Waals surface area contributed by atoms with Crippen LogP contribution < -0.4 is 26.2 Å². The Balaban J connectivity index is 1.03. The summed E-state index contributed by atoms with van der Waals surface area (Å²) in [6.45, 7) is 33.4. The zero-order valence-electron chi connectivity index (χ0n) is 79.3. The first kappa shape index (κ1) is 67.5. The van der Waals surface area contributed by atoms with Crippen LogP contribution in [0.5, 0.6) is 0 Å². The molecule has 0 saturated heterocycles. The summed E-state index contributed by atoms with van der Waals surface area (Å²) in [5.74, 6) is 1.31. The quantitative estimate of drug-likeness (QED) is 0.121. The predicted octanol–water partition coefficient (Wildman–Crippen LogP) is 28.3. The van der Waals surface area contributed by atoms with E-state index in [2.05, 4.69) is 324 Å². The van der Waals surface area contributed by atoms with Gasteiger partial charge in [-0.1, -0.05) is 346 Å². The molecule has 121 heavy (non-hydrogen) atoms. The molecule has 0 N–H and O–H groups in total. The molecule has 2 aliphatic heterocycles. The summed E-state index contributed by atoms with van der Waals surface area (Å²) in [5.41, 5.74) is 24.9. The van der Waals surface area contributed by atoms with E-state index in [1.165, 1.54) is 22.3 Å². The summed E-state index contributed by atoms with van der Waals surface area (Å²) in [4.78, 5) is 21.7. The highest BCUT2D eigenvalue weighted by Crippen LogP contribution is 2.55. The highest BCUT2D eigenvalue weighted by molar-refractivity contribution is 7.00. The molecule has 2 aliphatic rings. The molecule has 0 bridgehead atoms. The molecular formula is C113H100BN7. The van der Waals surface area contributed by atoms with E-state index >= 15 is 0 Å². The Morgan fingerprint density at radius 1 is 0.256 bits per heavy atom. The van der Waals surface area contributed by atoms with Gasteiger partial charge in [-0.25, -0.2) is 15.0 Å². The molecule has 18 aromatic rings. The number of fused-ring (bicyclic) bond motifs is 10. The fraction of sp³-hybridized carbons (Fsp3) is 0.177. The minimum Gasteiger partial charge on any atom is -0.311 e. The first-order valence-electron chi connectivity index (χ1n) is 46.2. The highest BCUT2D eigenvalue weighted by Gasteiger charge is 2.46. The average molecular weight is 1570 g/mol. The molecule has 0 fully saturated rings. The molecule has 0 amide bonds. The van der Waals surface area contributed by atoms with Crippen molar-refractivity contribution in [2.45, 2.75) is 131 Å². The van der Waals surface area contributed by atoms with Crippen LogP contribution >= 0.6 is 0 Å². The average Bonchev–Trinajstić information content (AvgIpc) is 1.64. The van der Waals surface area contributed by atoms with Crippen LogP contribution in [0.25, 0.3) is 134 Å². The van der Waals surface area contributed by atoms with Crippen LogP contribution in [0.1, 0.15) is 143 Å². The Kier molecular flexibility index (Phi) is 16.0. The Bertz CT molecular complexity index is 7430. The zero-order valence-corrected chi connectivity index (χ0v) is 71.3. The Morgan fingerprint density at radius 2 is 0.661 bits per heavy atom. The van der Waals surface area contributed by atoms with Gasteiger partial charge < -0.3 is 18.9 Å². The first-order valence-corrected chi connectivity index (χ1v) is 42.2. The number of nitrogens with zero attached hydrogens (tertiary/aromatic N) is 7. The van der Waals surface area contributed by atoms with Crippen LogP contribution in [0.2, 0.25) is 0 Å². The number of para-hydroxylation sites is 2. The lowest BCUT2D eigenvalue weighted by atomic mass is 9.33. The predicted molar refractivity (Wildman–Crippen MR) is 514 cm³/mol. The van der Waals surface area contributed by atoms with Crippen LogP contribution in [0.15, 0.2) is 333 Å². The molecule has 0 aliphatic carbocycles. The van der Waals surface area contributed by atoms with Gasteiger partial charge >= 0.3 is 0 Å². The molecule has 590 valence electrons. The van der Waals surface area contributed by atoms with Crippen molar-refractivity contribution in [2.24, 2.45) is 0 Å². The van der Waals surface area contributed by atoms with Gasteiger partial charge in [-0.3, -0.25) is 0 Å². The molecule has 0 spiro atoms. The van der Waals surface area contributed by atoms with Crippen molar-refractivity contribution in [3.05, 3.63) is 361 Å². The van der Waals surface area contributed by atoms with Crippen molar-refractivity contribution in [1.82, 2.24) is 24.1 Å². The van der Waals surface area contributed by atoms with Crippen molar-refractivity contribution in [3.63, 3.8) is 0 Å². The fourth-order valence-electron chi connectivity index (χ4n) is 18.1. The summed E-state index contributed by atoms with van der Waals surface area (Å²) in [6, 6.07) is 98.4. The van der Waals surface area contributed by atoms with Gasteiger partial charge in [0.15, 0.2) is 17.5 Å². The lowest BCUT2D eigenvalue weighted by Gasteiger charge is -2.46. The third kappa shape index (κ3) is 13.3. The Morgan fingerprint density at radius 3 is 1.17 bits per heavy atom. The maximum Gasteiger partial charge on any atom is 0.252 e. The second-order valence-electron chi connectivity index (χ2n) is 37.9. The topological polar surface area (TPSA) is 55.0 Å². The maximum absolute atomic E-state index is 10.4. The number of benzene rings is 15. The van der Waals surface area contributed by atoms with Gasteiger partial charge in [0.2, 0.25) is 0 Å². The molecule has 7 nitrogen and oxygen atoms in total. The van der Waals surface area contributed by atoms with E-state index in [1.54, 1.807) is 4.57 Å². The molecule has 0 atom stereocenters. The molecular weight excluding hydrogens is 1470 g/mol. The van der Waals surface area contributed by atoms with Gasteiger partial charge in [-0.2, -0.15) is 0 Å². The van der Waals surface area contributed by atoms with Crippen LogP contribution in [0, 0.1) is 0 Å². The van der Waals surface area contributed by atoms with Crippen molar-refractivity contribution in [2.75, 3.05) is 9.80 Å². The third-order valence-corrected chi connectivity index (χ3v) is 24.7. The third-order valence-electron chi connectivity index (χ3n) is 24.7. The van der Waals surface area contributed by atoms with Crippen LogP contribution in [-0.4, -0.2) is 30.8 Å². The number of hydrogen-bond acceptors (Lipinski definition) is 5. The summed E-state index contributed by atoms with van der Waals surface area (Å²) in [6.07, 6.45) is 0. The molecule has 0 radical (unpaired) electrons. The molecule has 15 aromatic carbocycles. The number of aromatic nitrogens is 5. The second kappa shape index (κ2) is 28.7. The molecule has 8 heteroatoms. The van der Waals surface area contributed by atoms with E-state index in [0.717, 1.165) is 122 Å². The molecule has 20 rings (SSSR count). The van der Waals surface area contributed by atoms with E-state index in [9.17, 15) is 11.0 Å². The van der Waals surface area contributed by atoms with E-state index in [4.69, 9.17) is 15.0 Å². The second-order valence-corrected chi connectivity index (χ2v) is 37.9. The smallest absolute Gasteiger partial charge is 0.252 e. The lowest BCUT2D eigenvalue weighted by Crippen LogP contribution is -2.61. The van der Waals surface area contributed by atoms with Gasteiger partial charge in [-0.15, -0.1) is 0 Å². The van der Waals surface area contributed by atoms with Crippen LogP contribution in [-0.2, 0) is 27.1 Å². The van der Waals surface area contributed by atoms with Gasteiger partial charge in [0.25, 0.3) is 6.71 Å². The van der Waals surface area contributed by atoms with Gasteiger partial charge in [0.05, 0.1) is 50.1 Å². The standard InChI is InChI=1S/C113H100BN7/c1-109(2,3)79-51-57-98-90(64-79)91-65-80(110(4,5)6)52-58-99(91)118(98)84-53-55-94-101(68-84)121(105-89(73-39-25-18-26-40-73)66-83(113(13,14)15)67-92(105)108-116-106(74-41-27-19-28-42-74)115-107(117-108)75-43-29-20-30-44-75)103-70-85(119-95-47-33-31-45-86(95)87-46-32-34-48-96(87)119)69-102-104(103)114(94)93-54-49-77(78-59-81(111(7,8)9)63-82(60-78)112(10,11)12)62-100(93)120(102)97-56-50-76(71-35-21-16-22-36-71)61-88(97)72-37-23-17-24-38-72/h16-70H,1-15H3/i31D,32D,33D,34D,45D,46D,47D,48D. The first-order chi connectivity index (χ1) is 61.5. The Hall–Kier alpha value is -13.4. The van der Waals surface area contributed by atoms with E-state index < -0.39 is 60.5 Å². The van der Waals surface area contributed by atoms with Gasteiger partial charge in [0.1, 0.15) is 0 Å². The van der Waals surface area contributed by atoms with Crippen molar-refractivity contribution in [3.8, 4) is 90.0 Å². The van der Waals surface area contributed by atoms with Crippen molar-refractivity contribution in [1.29, 1.82) is 0 Å². The molecule has 0 unspecified atom stereocenters. The van der Waals surface area contributed by atoms with Crippen LogP contribution in [0.3, 0.4) is 0 Å². The number of anilines is 6. The number of hydrogen-bond donors (Lipinski definition) is 0. The summed E-state index contributed by atoms with van der Waals surface area (Å²) < 4.78 is 83.4. The zero-order chi connectivity index (χ0) is 90.3. The largest absolute Gasteiger partial charge is 0.311 e. The summed E-state index contributed by atoms with van der Waals surface area (Å²) in [5, 5.41) is 2.16. The maximum atomic E-state index is 10.4. The minimum absolute atomic E-state index is 0.0183. The lowest BCUT2D eigenvalue weighted by molar-refractivity contribution is 0.569. The van der Waals surface area contributed by atoms with E-state index in [-0.39, 0.29) is 43.5 Å². The molecule has 0 saturated carbocycles. The SMILES string of the molecule is [2H]c1c([2H])c([2H])c2c(c1[2H])c1c([2H])c([2H])c([2H])c([2H])c1n2-c1cc2c3c(c1)N(c1c(-c4ccccc4)cc(C(C)(C)C)cc1-c1nc(-c4ccccc4)nc(-c4ccccc4)n1)c1cc(-n4c5ccc(C(C)(C)C)cc5c5cc(C(C)(C)C)ccc54)ccc1B3c1ccc(-c3cc(C(C)(C)C)cc(C(C)(C)C)c3)cc1N2c1ccc(-c2ccccc2)cc1-c1ccccc1. The highest BCUT2D eigenvalue weighted by atomic mass is 15.2. The van der Waals surface area contributed by atoms with Crippen molar-refractivity contribution >= 4 is 101 Å². The Labute approximate surface area is 723 Å². The van der Waals surface area contributed by atoms with Crippen molar-refractivity contribution < 1.29 is 11.0 Å². The monoisotopic (exact) mass is 1570 g/mol. The van der Waals surface area contributed by atoms with Crippen LogP contribution in [0.4, 0.5) is 34.1 Å². The van der Waals surface area contributed by atoms with Gasteiger partial charge in [0, 0.05) is 77.8 Å². The minimum atomic E-state index is -0.613. The molecule has 5 heterocycles. The summed E-state index contributed by atoms with van der Waals surface area (Å²) in [7, 11) is 0. The fourth-order valence-corrected chi connectivity index (χ4v) is 18.1. The van der Waals surface area contributed by atoms with Gasteiger partial charge in [-0.05, 0) is 196 Å². The van der Waals surface area contributed by atoms with E-state index in [0.29, 0.717) is 45.8 Å². The number of rotatable bonds is 11. The summed E-state index contributed by atoms with van der Waals surface area (Å²) >= 11 is 0.